The second-order valence-electron chi connectivity index (χ2n) is 5.69. The molecule has 1 saturated carbocycles. The summed E-state index contributed by atoms with van der Waals surface area (Å²) in [6, 6.07) is 13.6. The molecule has 1 unspecified atom stereocenters. The highest BCUT2D eigenvalue weighted by atomic mass is 32.1. The fourth-order valence-electron chi connectivity index (χ4n) is 2.77. The maximum absolute atomic E-state index is 6.04. The van der Waals surface area contributed by atoms with Crippen molar-refractivity contribution < 1.29 is 0 Å². The van der Waals surface area contributed by atoms with Crippen LogP contribution >= 0.6 is 11.3 Å². The smallest absolute Gasteiger partial charge is 0.0471 e. The van der Waals surface area contributed by atoms with E-state index in [1.165, 1.54) is 28.8 Å². The molecule has 2 nitrogen and oxygen atoms in total. The van der Waals surface area contributed by atoms with Crippen molar-refractivity contribution in [1.82, 2.24) is 4.90 Å². The number of hydrogen-bond acceptors (Lipinski definition) is 3. The van der Waals surface area contributed by atoms with Crippen LogP contribution in [0.25, 0.3) is 0 Å². The third-order valence-electron chi connectivity index (χ3n) is 4.08. The summed E-state index contributed by atoms with van der Waals surface area (Å²) >= 11 is 1.81. The minimum absolute atomic E-state index is 0.302. The van der Waals surface area contributed by atoms with Gasteiger partial charge in [-0.1, -0.05) is 30.3 Å². The number of hydrogen-bond donors (Lipinski definition) is 1. The van der Waals surface area contributed by atoms with Gasteiger partial charge in [0.15, 0.2) is 0 Å². The van der Waals surface area contributed by atoms with Crippen molar-refractivity contribution in [3.8, 4) is 0 Å². The van der Waals surface area contributed by atoms with Crippen molar-refractivity contribution in [2.45, 2.75) is 31.3 Å². The van der Waals surface area contributed by atoms with Crippen molar-refractivity contribution in [3.05, 3.63) is 57.8 Å². The molecular formula is C17H22N2S. The number of nitrogens with zero attached hydrogens (tertiary/aromatic N) is 1. The van der Waals surface area contributed by atoms with Crippen LogP contribution < -0.4 is 5.73 Å². The van der Waals surface area contributed by atoms with Gasteiger partial charge in [-0.3, -0.25) is 4.90 Å². The zero-order valence-electron chi connectivity index (χ0n) is 12.0. The molecule has 0 radical (unpaired) electrons. The molecule has 0 saturated heterocycles. The van der Waals surface area contributed by atoms with Gasteiger partial charge in [0.1, 0.15) is 0 Å². The van der Waals surface area contributed by atoms with E-state index in [1.807, 2.05) is 11.3 Å². The van der Waals surface area contributed by atoms with E-state index in [1.54, 1.807) is 0 Å². The molecule has 2 N–H and O–H groups in total. The second-order valence-corrected chi connectivity index (χ2v) is 6.72. The molecule has 0 amide bonds. The van der Waals surface area contributed by atoms with E-state index >= 15 is 0 Å². The van der Waals surface area contributed by atoms with E-state index in [4.69, 9.17) is 5.73 Å². The first-order valence-corrected chi connectivity index (χ1v) is 8.18. The number of nitrogens with two attached hydrogens (primary N) is 1. The van der Waals surface area contributed by atoms with Gasteiger partial charge >= 0.3 is 0 Å². The van der Waals surface area contributed by atoms with Crippen LogP contribution in [0.3, 0.4) is 0 Å². The van der Waals surface area contributed by atoms with Crippen molar-refractivity contribution in [2.24, 2.45) is 5.73 Å². The highest BCUT2D eigenvalue weighted by Gasteiger charge is 2.24. The first kappa shape index (κ1) is 13.8. The van der Waals surface area contributed by atoms with E-state index in [0.29, 0.717) is 12.6 Å². The molecule has 0 spiro atoms. The maximum Gasteiger partial charge on any atom is 0.0471 e. The van der Waals surface area contributed by atoms with Crippen LogP contribution in [0, 0.1) is 0 Å². The van der Waals surface area contributed by atoms with Crippen LogP contribution in [0.5, 0.6) is 0 Å². The number of thiophene rings is 1. The fraction of sp³-hybridized carbons (Fsp3) is 0.412. The normalized spacial score (nSPS) is 16.6. The van der Waals surface area contributed by atoms with Gasteiger partial charge in [-0.25, -0.2) is 0 Å². The zero-order valence-corrected chi connectivity index (χ0v) is 12.8. The lowest BCUT2D eigenvalue weighted by molar-refractivity contribution is 0.244. The molecule has 1 aliphatic rings. The monoisotopic (exact) mass is 286 g/mol. The van der Waals surface area contributed by atoms with E-state index in [9.17, 15) is 0 Å². The number of likely N-dealkylation sites (N-methyl/N-ethyl adjacent to an activating group) is 1. The standard InChI is InChI=1S/C17H22N2S/c1-19(12-16-6-3-9-20-16)17(11-18)15-5-2-4-14(10-15)13-7-8-13/h2-6,9-10,13,17H,7-8,11-12,18H2,1H3. The molecule has 1 aromatic carbocycles. The van der Waals surface area contributed by atoms with Gasteiger partial charge in [0.25, 0.3) is 0 Å². The summed E-state index contributed by atoms with van der Waals surface area (Å²) in [7, 11) is 2.17. The van der Waals surface area contributed by atoms with Crippen LogP contribution in [-0.4, -0.2) is 18.5 Å². The third-order valence-corrected chi connectivity index (χ3v) is 4.95. The molecule has 3 rings (SSSR count). The van der Waals surface area contributed by atoms with Crippen LogP contribution in [0.15, 0.2) is 41.8 Å². The Morgan fingerprint density at radius 1 is 1.30 bits per heavy atom. The molecule has 1 aromatic heterocycles. The Kier molecular flexibility index (Phi) is 4.20. The van der Waals surface area contributed by atoms with E-state index < -0.39 is 0 Å². The summed E-state index contributed by atoms with van der Waals surface area (Å²) in [5.74, 6) is 0.802. The summed E-state index contributed by atoms with van der Waals surface area (Å²) in [6.45, 7) is 1.63. The minimum atomic E-state index is 0.302. The predicted octanol–water partition coefficient (Wildman–Crippen LogP) is 3.76. The summed E-state index contributed by atoms with van der Waals surface area (Å²) in [4.78, 5) is 3.75. The molecule has 3 heteroatoms. The van der Waals surface area contributed by atoms with Crippen molar-refractivity contribution in [3.63, 3.8) is 0 Å². The second kappa shape index (κ2) is 6.08. The Hall–Kier alpha value is -1.16. The Bertz CT molecular complexity index is 546. The first-order valence-electron chi connectivity index (χ1n) is 7.30. The lowest BCUT2D eigenvalue weighted by atomic mass is 10.0. The number of rotatable bonds is 6. The van der Waals surface area contributed by atoms with E-state index in [0.717, 1.165) is 12.5 Å². The Morgan fingerprint density at radius 3 is 2.80 bits per heavy atom. The van der Waals surface area contributed by atoms with Gasteiger partial charge < -0.3 is 5.73 Å². The molecule has 1 heterocycles. The molecular weight excluding hydrogens is 264 g/mol. The minimum Gasteiger partial charge on any atom is -0.329 e. The molecule has 106 valence electrons. The van der Waals surface area contributed by atoms with Gasteiger partial charge in [0.2, 0.25) is 0 Å². The molecule has 1 aliphatic carbocycles. The van der Waals surface area contributed by atoms with Gasteiger partial charge in [-0.2, -0.15) is 0 Å². The van der Waals surface area contributed by atoms with Crippen molar-refractivity contribution in [1.29, 1.82) is 0 Å². The van der Waals surface area contributed by atoms with Crippen LogP contribution in [0.1, 0.15) is 40.8 Å². The zero-order chi connectivity index (χ0) is 13.9. The summed E-state index contributed by atoms with van der Waals surface area (Å²) in [5.41, 5.74) is 8.89. The molecule has 2 aromatic rings. The predicted molar refractivity (Wildman–Crippen MR) is 86.0 cm³/mol. The van der Waals surface area contributed by atoms with Crippen LogP contribution in [0.2, 0.25) is 0 Å². The van der Waals surface area contributed by atoms with Crippen LogP contribution in [-0.2, 0) is 6.54 Å². The highest BCUT2D eigenvalue weighted by Crippen LogP contribution is 2.40. The number of benzene rings is 1. The van der Waals surface area contributed by atoms with E-state index in [-0.39, 0.29) is 0 Å². The quantitative estimate of drug-likeness (QED) is 0.876. The van der Waals surface area contributed by atoms with Crippen LogP contribution in [0.4, 0.5) is 0 Å². The van der Waals surface area contributed by atoms with Gasteiger partial charge in [0, 0.05) is 24.0 Å². The van der Waals surface area contributed by atoms with Crippen molar-refractivity contribution >= 4 is 11.3 Å². The van der Waals surface area contributed by atoms with Crippen molar-refractivity contribution in [2.75, 3.05) is 13.6 Å². The topological polar surface area (TPSA) is 29.3 Å². The van der Waals surface area contributed by atoms with Gasteiger partial charge in [0.05, 0.1) is 0 Å². The Balaban J connectivity index is 1.76. The fourth-order valence-corrected chi connectivity index (χ4v) is 3.53. The average molecular weight is 286 g/mol. The SMILES string of the molecule is CN(Cc1cccs1)C(CN)c1cccc(C2CC2)c1. The van der Waals surface area contributed by atoms with Gasteiger partial charge in [-0.05, 0) is 48.4 Å². The molecule has 0 aliphatic heterocycles. The third kappa shape index (κ3) is 3.11. The molecule has 0 bridgehead atoms. The summed E-state index contributed by atoms with van der Waals surface area (Å²) in [6.07, 6.45) is 2.70. The molecule has 1 fully saturated rings. The first-order chi connectivity index (χ1) is 9.78. The van der Waals surface area contributed by atoms with E-state index in [2.05, 4.69) is 53.7 Å². The Labute approximate surface area is 125 Å². The van der Waals surface area contributed by atoms with Gasteiger partial charge in [-0.15, -0.1) is 11.3 Å². The lowest BCUT2D eigenvalue weighted by Crippen LogP contribution is -2.30. The summed E-state index contributed by atoms with van der Waals surface area (Å²) < 4.78 is 0. The Morgan fingerprint density at radius 2 is 2.15 bits per heavy atom. The maximum atomic E-state index is 6.04. The molecule has 20 heavy (non-hydrogen) atoms. The highest BCUT2D eigenvalue weighted by molar-refractivity contribution is 7.09. The largest absolute Gasteiger partial charge is 0.329 e. The lowest BCUT2D eigenvalue weighted by Gasteiger charge is -2.27. The summed E-state index contributed by atoms with van der Waals surface area (Å²) in [5, 5.41) is 2.13. The molecule has 1 atom stereocenters. The average Bonchev–Trinajstić information content (AvgIpc) is 3.19.